The van der Waals surface area contributed by atoms with Gasteiger partial charge in [0.15, 0.2) is 0 Å². The van der Waals surface area contributed by atoms with Gasteiger partial charge in [-0.15, -0.1) is 12.4 Å². The van der Waals surface area contributed by atoms with Crippen LogP contribution in [-0.2, 0) is 14.3 Å². The monoisotopic (exact) mass is 361 g/mol. The lowest BCUT2D eigenvalue weighted by Crippen LogP contribution is -2.43. The van der Waals surface area contributed by atoms with E-state index in [1.807, 2.05) is 0 Å². The van der Waals surface area contributed by atoms with Gasteiger partial charge in [-0.05, 0) is 65.2 Å². The molecule has 0 aliphatic carbocycles. The van der Waals surface area contributed by atoms with Crippen molar-refractivity contribution in [1.29, 1.82) is 0 Å². The highest BCUT2D eigenvalue weighted by Gasteiger charge is 2.26. The summed E-state index contributed by atoms with van der Waals surface area (Å²) in [6.45, 7) is 6.69. The first-order valence-electron chi connectivity index (χ1n) is 8.91. The van der Waals surface area contributed by atoms with E-state index < -0.39 is 0 Å². The van der Waals surface area contributed by atoms with Gasteiger partial charge >= 0.3 is 5.97 Å². The Labute approximate surface area is 151 Å². The number of carbonyl (C=O) groups is 2. The number of esters is 1. The zero-order valence-electron chi connectivity index (χ0n) is 14.9. The summed E-state index contributed by atoms with van der Waals surface area (Å²) in [7, 11) is 1.46. The summed E-state index contributed by atoms with van der Waals surface area (Å²) in [5, 5.41) is 6.45. The molecule has 0 bridgehead atoms. The number of halogens is 1. The second-order valence-corrected chi connectivity index (χ2v) is 6.86. The second-order valence-electron chi connectivity index (χ2n) is 6.86. The van der Waals surface area contributed by atoms with Gasteiger partial charge in [-0.25, -0.2) is 0 Å². The molecular formula is C17H32ClN3O3. The van der Waals surface area contributed by atoms with Crippen molar-refractivity contribution in [3.05, 3.63) is 0 Å². The molecular weight excluding hydrogens is 330 g/mol. The lowest BCUT2D eigenvalue weighted by atomic mass is 9.92. The number of rotatable bonds is 6. The molecule has 0 unspecified atom stereocenters. The average Bonchev–Trinajstić information content (AvgIpc) is 2.58. The molecule has 0 saturated carbocycles. The summed E-state index contributed by atoms with van der Waals surface area (Å²) in [6, 6.07) is 0.440. The van der Waals surface area contributed by atoms with Crippen LogP contribution in [0.4, 0.5) is 0 Å². The van der Waals surface area contributed by atoms with Crippen molar-refractivity contribution in [3.8, 4) is 0 Å². The maximum absolute atomic E-state index is 12.1. The Morgan fingerprint density at radius 1 is 1.21 bits per heavy atom. The van der Waals surface area contributed by atoms with Crippen molar-refractivity contribution in [2.24, 2.45) is 11.8 Å². The van der Waals surface area contributed by atoms with Gasteiger partial charge in [0.25, 0.3) is 0 Å². The predicted molar refractivity (Wildman–Crippen MR) is 96.2 cm³/mol. The number of piperidine rings is 2. The van der Waals surface area contributed by atoms with Gasteiger partial charge in [-0.2, -0.15) is 0 Å². The number of nitrogens with zero attached hydrogens (tertiary/aromatic N) is 1. The van der Waals surface area contributed by atoms with Crippen LogP contribution in [-0.4, -0.2) is 62.7 Å². The van der Waals surface area contributed by atoms with E-state index in [9.17, 15) is 9.59 Å². The molecule has 24 heavy (non-hydrogen) atoms. The lowest BCUT2D eigenvalue weighted by molar-refractivity contribution is -0.147. The normalized spacial score (nSPS) is 25.6. The number of amides is 1. The van der Waals surface area contributed by atoms with Crippen LogP contribution in [0.5, 0.6) is 0 Å². The Morgan fingerprint density at radius 2 is 1.92 bits per heavy atom. The number of carbonyl (C=O) groups excluding carboxylic acids is 2. The van der Waals surface area contributed by atoms with Crippen molar-refractivity contribution >= 4 is 24.3 Å². The molecule has 6 nitrogen and oxygen atoms in total. The molecule has 2 N–H and O–H groups in total. The maximum Gasteiger partial charge on any atom is 0.308 e. The van der Waals surface area contributed by atoms with E-state index >= 15 is 0 Å². The highest BCUT2D eigenvalue weighted by molar-refractivity contribution is 5.85. The van der Waals surface area contributed by atoms with Gasteiger partial charge in [0.1, 0.15) is 0 Å². The standard InChI is InChI=1S/C17H31N3O3.ClH/c1-13-12-15(4-8-18-13)16(21)19-7-3-9-20-10-5-14(6-11-20)17(22)23-2;/h13-15,18H,3-12H2,1-2H3,(H,19,21);1H/t13-,15-;/m0./s1. The van der Waals surface area contributed by atoms with Gasteiger partial charge in [-0.3, -0.25) is 9.59 Å². The minimum atomic E-state index is -0.0758. The summed E-state index contributed by atoms with van der Waals surface area (Å²) in [5.74, 6) is 0.371. The van der Waals surface area contributed by atoms with Crippen molar-refractivity contribution < 1.29 is 14.3 Å². The number of hydrogen-bond donors (Lipinski definition) is 2. The van der Waals surface area contributed by atoms with Crippen LogP contribution in [0.1, 0.15) is 39.0 Å². The molecule has 2 rings (SSSR count). The molecule has 7 heteroatoms. The SMILES string of the molecule is COC(=O)C1CCN(CCCNC(=O)[C@H]2CCN[C@@H](C)C2)CC1.Cl. The van der Waals surface area contributed by atoms with E-state index in [4.69, 9.17) is 4.74 Å². The Kier molecular flexibility index (Phi) is 9.63. The minimum absolute atomic E-state index is 0. The van der Waals surface area contributed by atoms with E-state index in [0.717, 1.165) is 64.8 Å². The number of methoxy groups -OCH3 is 1. The van der Waals surface area contributed by atoms with Crippen molar-refractivity contribution in [1.82, 2.24) is 15.5 Å². The summed E-state index contributed by atoms with van der Waals surface area (Å²) in [6.07, 6.45) is 4.61. The fourth-order valence-electron chi connectivity index (χ4n) is 3.59. The molecule has 0 aromatic rings. The molecule has 2 fully saturated rings. The topological polar surface area (TPSA) is 70.7 Å². The van der Waals surface area contributed by atoms with Crippen LogP contribution < -0.4 is 10.6 Å². The summed E-state index contributed by atoms with van der Waals surface area (Å²) >= 11 is 0. The predicted octanol–water partition coefficient (Wildman–Crippen LogP) is 1.19. The number of nitrogens with one attached hydrogen (secondary N) is 2. The largest absolute Gasteiger partial charge is 0.469 e. The van der Waals surface area contributed by atoms with Gasteiger partial charge in [0.05, 0.1) is 13.0 Å². The van der Waals surface area contributed by atoms with Crippen LogP contribution in [0.15, 0.2) is 0 Å². The molecule has 0 radical (unpaired) electrons. The summed E-state index contributed by atoms with van der Waals surface area (Å²) < 4.78 is 4.81. The quantitative estimate of drug-likeness (QED) is 0.549. The average molecular weight is 362 g/mol. The van der Waals surface area contributed by atoms with Gasteiger partial charge in [0, 0.05) is 18.5 Å². The molecule has 0 spiro atoms. The van der Waals surface area contributed by atoms with Gasteiger partial charge in [-0.1, -0.05) is 0 Å². The smallest absolute Gasteiger partial charge is 0.308 e. The Bertz CT molecular complexity index is 401. The van der Waals surface area contributed by atoms with E-state index in [1.165, 1.54) is 7.11 Å². The van der Waals surface area contributed by atoms with Gasteiger partial charge in [0.2, 0.25) is 5.91 Å². The molecule has 140 valence electrons. The summed E-state index contributed by atoms with van der Waals surface area (Å²) in [4.78, 5) is 26.0. The van der Waals surface area contributed by atoms with Crippen LogP contribution in [0.2, 0.25) is 0 Å². The first kappa shape index (κ1) is 21.2. The van der Waals surface area contributed by atoms with E-state index in [0.29, 0.717) is 6.04 Å². The zero-order chi connectivity index (χ0) is 16.7. The number of ether oxygens (including phenoxy) is 1. The van der Waals surface area contributed by atoms with E-state index in [1.54, 1.807) is 0 Å². The first-order valence-corrected chi connectivity index (χ1v) is 8.91. The maximum atomic E-state index is 12.1. The fourth-order valence-corrected chi connectivity index (χ4v) is 3.59. The second kappa shape index (κ2) is 10.9. The molecule has 2 heterocycles. The Balaban J connectivity index is 0.00000288. The lowest BCUT2D eigenvalue weighted by Gasteiger charge is -2.30. The number of likely N-dealkylation sites (tertiary alicyclic amines) is 1. The molecule has 2 atom stereocenters. The molecule has 2 aliphatic heterocycles. The third-order valence-electron chi connectivity index (χ3n) is 5.07. The minimum Gasteiger partial charge on any atom is -0.469 e. The molecule has 0 aromatic heterocycles. The third-order valence-corrected chi connectivity index (χ3v) is 5.07. The van der Waals surface area contributed by atoms with E-state index in [-0.39, 0.29) is 36.1 Å². The molecule has 0 aromatic carbocycles. The fraction of sp³-hybridized carbons (Fsp3) is 0.882. The number of hydrogen-bond acceptors (Lipinski definition) is 5. The highest BCUT2D eigenvalue weighted by Crippen LogP contribution is 2.18. The first-order chi connectivity index (χ1) is 11.1. The summed E-state index contributed by atoms with van der Waals surface area (Å²) in [5.41, 5.74) is 0. The molecule has 1 amide bonds. The van der Waals surface area contributed by atoms with Gasteiger partial charge < -0.3 is 20.3 Å². The Morgan fingerprint density at radius 3 is 2.54 bits per heavy atom. The van der Waals surface area contributed by atoms with Crippen LogP contribution in [0, 0.1) is 11.8 Å². The van der Waals surface area contributed by atoms with Crippen LogP contribution >= 0.6 is 12.4 Å². The highest BCUT2D eigenvalue weighted by atomic mass is 35.5. The Hall–Kier alpha value is -0.850. The van der Waals surface area contributed by atoms with Crippen LogP contribution in [0.3, 0.4) is 0 Å². The van der Waals surface area contributed by atoms with Crippen molar-refractivity contribution in [2.75, 3.05) is 39.8 Å². The van der Waals surface area contributed by atoms with Crippen molar-refractivity contribution in [2.45, 2.75) is 45.1 Å². The molecule has 2 saturated heterocycles. The molecule has 2 aliphatic rings. The third kappa shape index (κ3) is 6.57. The zero-order valence-corrected chi connectivity index (χ0v) is 15.7. The van der Waals surface area contributed by atoms with Crippen molar-refractivity contribution in [3.63, 3.8) is 0 Å². The van der Waals surface area contributed by atoms with E-state index in [2.05, 4.69) is 22.5 Å². The van der Waals surface area contributed by atoms with Crippen LogP contribution in [0.25, 0.3) is 0 Å².